The zero-order valence-corrected chi connectivity index (χ0v) is 9.24. The Hall–Kier alpha value is -1.22. The Morgan fingerprint density at radius 1 is 1.33 bits per heavy atom. The third kappa shape index (κ3) is 4.70. The lowest BCUT2D eigenvalue weighted by Crippen LogP contribution is -2.06. The molecule has 0 aliphatic heterocycles. The predicted octanol–water partition coefficient (Wildman–Crippen LogP) is 2.09. The van der Waals surface area contributed by atoms with E-state index in [1.807, 2.05) is 24.3 Å². The van der Waals surface area contributed by atoms with Gasteiger partial charge < -0.3 is 16.2 Å². The van der Waals surface area contributed by atoms with Crippen molar-refractivity contribution in [2.24, 2.45) is 5.92 Å². The van der Waals surface area contributed by atoms with E-state index in [1.165, 1.54) is 0 Å². The zero-order valence-electron chi connectivity index (χ0n) is 9.24. The van der Waals surface area contributed by atoms with Crippen LogP contribution in [0.3, 0.4) is 0 Å². The Kier molecular flexibility index (Phi) is 4.98. The lowest BCUT2D eigenvalue weighted by atomic mass is 10.1. The third-order valence-corrected chi connectivity index (χ3v) is 2.43. The van der Waals surface area contributed by atoms with Crippen LogP contribution in [-0.2, 0) is 0 Å². The second kappa shape index (κ2) is 6.30. The molecule has 0 amide bonds. The number of hydrogen-bond acceptors (Lipinski definition) is 3. The van der Waals surface area contributed by atoms with Crippen molar-refractivity contribution in [2.45, 2.75) is 19.8 Å². The number of rotatable bonds is 6. The highest BCUT2D eigenvalue weighted by Gasteiger charge is 1.98. The monoisotopic (exact) mass is 208 g/mol. The number of benzene rings is 1. The van der Waals surface area contributed by atoms with Crippen molar-refractivity contribution in [2.75, 3.05) is 24.2 Å². The summed E-state index contributed by atoms with van der Waals surface area (Å²) in [5, 5.41) is 12.2. The van der Waals surface area contributed by atoms with Gasteiger partial charge in [0.15, 0.2) is 0 Å². The molecule has 1 rings (SSSR count). The topological polar surface area (TPSA) is 58.3 Å². The molecule has 1 atom stereocenters. The molecule has 84 valence electrons. The van der Waals surface area contributed by atoms with Gasteiger partial charge in [0, 0.05) is 24.5 Å². The van der Waals surface area contributed by atoms with E-state index in [9.17, 15) is 0 Å². The summed E-state index contributed by atoms with van der Waals surface area (Å²) >= 11 is 0. The normalized spacial score (nSPS) is 12.4. The molecule has 1 unspecified atom stereocenters. The van der Waals surface area contributed by atoms with Crippen molar-refractivity contribution in [3.8, 4) is 0 Å². The summed E-state index contributed by atoms with van der Waals surface area (Å²) in [4.78, 5) is 0. The Balaban J connectivity index is 2.17. The van der Waals surface area contributed by atoms with Crippen molar-refractivity contribution >= 4 is 11.4 Å². The molecule has 1 aromatic rings. The van der Waals surface area contributed by atoms with Gasteiger partial charge in [0.05, 0.1) is 0 Å². The van der Waals surface area contributed by atoms with Crippen molar-refractivity contribution in [1.82, 2.24) is 0 Å². The van der Waals surface area contributed by atoms with Gasteiger partial charge in [0.25, 0.3) is 0 Å². The van der Waals surface area contributed by atoms with Gasteiger partial charge >= 0.3 is 0 Å². The molecule has 0 spiro atoms. The SMILES string of the molecule is CC(CO)CCCNc1ccc(N)cc1. The van der Waals surface area contributed by atoms with Gasteiger partial charge in [-0.05, 0) is 43.0 Å². The summed E-state index contributed by atoms with van der Waals surface area (Å²) in [6, 6.07) is 7.73. The highest BCUT2D eigenvalue weighted by atomic mass is 16.3. The molecule has 0 bridgehead atoms. The number of anilines is 2. The number of aliphatic hydroxyl groups excluding tert-OH is 1. The van der Waals surface area contributed by atoms with Crippen LogP contribution in [0.25, 0.3) is 0 Å². The molecule has 0 aromatic heterocycles. The third-order valence-electron chi connectivity index (χ3n) is 2.43. The molecule has 15 heavy (non-hydrogen) atoms. The summed E-state index contributed by atoms with van der Waals surface area (Å²) in [7, 11) is 0. The number of aliphatic hydroxyl groups is 1. The van der Waals surface area contributed by atoms with Crippen LogP contribution in [0.2, 0.25) is 0 Å². The maximum absolute atomic E-state index is 8.85. The van der Waals surface area contributed by atoms with Gasteiger partial charge in [-0.2, -0.15) is 0 Å². The van der Waals surface area contributed by atoms with Crippen molar-refractivity contribution in [3.63, 3.8) is 0 Å². The molecular formula is C12H20N2O. The fourth-order valence-electron chi connectivity index (χ4n) is 1.38. The molecule has 0 saturated carbocycles. The Morgan fingerprint density at radius 2 is 2.00 bits per heavy atom. The van der Waals surface area contributed by atoms with E-state index in [1.54, 1.807) is 0 Å². The first-order valence-electron chi connectivity index (χ1n) is 5.42. The van der Waals surface area contributed by atoms with Crippen molar-refractivity contribution in [1.29, 1.82) is 0 Å². The minimum absolute atomic E-state index is 0.280. The Morgan fingerprint density at radius 3 is 2.60 bits per heavy atom. The Labute approximate surface area is 91.3 Å². The lowest BCUT2D eigenvalue weighted by Gasteiger charge is -2.09. The summed E-state index contributed by atoms with van der Waals surface area (Å²) < 4.78 is 0. The fourth-order valence-corrected chi connectivity index (χ4v) is 1.38. The highest BCUT2D eigenvalue weighted by Crippen LogP contribution is 2.11. The van der Waals surface area contributed by atoms with E-state index in [-0.39, 0.29) is 6.61 Å². The molecule has 0 saturated heterocycles. The highest BCUT2D eigenvalue weighted by molar-refractivity contribution is 5.50. The quantitative estimate of drug-likeness (QED) is 0.495. The van der Waals surface area contributed by atoms with E-state index in [2.05, 4.69) is 12.2 Å². The molecule has 0 radical (unpaired) electrons. The average Bonchev–Trinajstić information content (AvgIpc) is 2.26. The summed E-state index contributed by atoms with van der Waals surface area (Å²) in [6.07, 6.45) is 2.13. The van der Waals surface area contributed by atoms with Gasteiger partial charge in [-0.15, -0.1) is 0 Å². The molecule has 4 N–H and O–H groups in total. The van der Waals surface area contributed by atoms with Crippen molar-refractivity contribution in [3.05, 3.63) is 24.3 Å². The lowest BCUT2D eigenvalue weighted by molar-refractivity contribution is 0.229. The van der Waals surface area contributed by atoms with E-state index in [4.69, 9.17) is 10.8 Å². The van der Waals surface area contributed by atoms with Gasteiger partial charge in [-0.3, -0.25) is 0 Å². The van der Waals surface area contributed by atoms with Crippen LogP contribution < -0.4 is 11.1 Å². The fraction of sp³-hybridized carbons (Fsp3) is 0.500. The van der Waals surface area contributed by atoms with Gasteiger partial charge in [-0.1, -0.05) is 6.92 Å². The maximum Gasteiger partial charge on any atom is 0.0456 e. The standard InChI is InChI=1S/C12H20N2O/c1-10(9-15)3-2-8-14-12-6-4-11(13)5-7-12/h4-7,10,14-15H,2-3,8-9,13H2,1H3. The minimum atomic E-state index is 0.280. The van der Waals surface area contributed by atoms with Gasteiger partial charge in [0.1, 0.15) is 0 Å². The van der Waals surface area contributed by atoms with Crippen LogP contribution in [0.4, 0.5) is 11.4 Å². The summed E-state index contributed by atoms with van der Waals surface area (Å²) in [5.74, 6) is 0.401. The predicted molar refractivity (Wildman–Crippen MR) is 64.8 cm³/mol. The summed E-state index contributed by atoms with van der Waals surface area (Å²) in [6.45, 7) is 3.28. The van der Waals surface area contributed by atoms with Crippen LogP contribution in [0.1, 0.15) is 19.8 Å². The molecule has 1 aromatic carbocycles. The Bertz CT molecular complexity index is 271. The molecule has 0 aliphatic carbocycles. The molecule has 0 fully saturated rings. The average molecular weight is 208 g/mol. The van der Waals surface area contributed by atoms with E-state index in [0.717, 1.165) is 30.8 Å². The first-order chi connectivity index (χ1) is 7.22. The molecule has 0 heterocycles. The molecule has 3 nitrogen and oxygen atoms in total. The second-order valence-corrected chi connectivity index (χ2v) is 3.98. The largest absolute Gasteiger partial charge is 0.399 e. The zero-order chi connectivity index (χ0) is 11.1. The smallest absolute Gasteiger partial charge is 0.0456 e. The number of hydrogen-bond donors (Lipinski definition) is 3. The first-order valence-corrected chi connectivity index (χ1v) is 5.42. The van der Waals surface area contributed by atoms with Crippen LogP contribution in [0.5, 0.6) is 0 Å². The molecule has 0 aliphatic rings. The maximum atomic E-state index is 8.85. The van der Waals surface area contributed by atoms with Crippen LogP contribution in [0, 0.1) is 5.92 Å². The van der Waals surface area contributed by atoms with Crippen LogP contribution in [0.15, 0.2) is 24.3 Å². The van der Waals surface area contributed by atoms with Crippen LogP contribution >= 0.6 is 0 Å². The second-order valence-electron chi connectivity index (χ2n) is 3.98. The molecular weight excluding hydrogens is 188 g/mol. The number of nitrogens with two attached hydrogens (primary N) is 1. The van der Waals surface area contributed by atoms with E-state index in [0.29, 0.717) is 5.92 Å². The van der Waals surface area contributed by atoms with Gasteiger partial charge in [-0.25, -0.2) is 0 Å². The number of nitrogen functional groups attached to an aromatic ring is 1. The number of nitrogens with one attached hydrogen (secondary N) is 1. The van der Waals surface area contributed by atoms with Crippen LogP contribution in [-0.4, -0.2) is 18.3 Å². The van der Waals surface area contributed by atoms with E-state index >= 15 is 0 Å². The molecule has 3 heteroatoms. The first kappa shape index (κ1) is 11.9. The van der Waals surface area contributed by atoms with Crippen molar-refractivity contribution < 1.29 is 5.11 Å². The summed E-state index contributed by atoms with van der Waals surface area (Å²) in [5.41, 5.74) is 7.47. The van der Waals surface area contributed by atoms with Gasteiger partial charge in [0.2, 0.25) is 0 Å². The van der Waals surface area contributed by atoms with E-state index < -0.39 is 0 Å². The minimum Gasteiger partial charge on any atom is -0.399 e.